The highest BCUT2D eigenvalue weighted by atomic mass is 35.5. The summed E-state index contributed by atoms with van der Waals surface area (Å²) in [5, 5.41) is 1.65. The highest BCUT2D eigenvalue weighted by molar-refractivity contribution is 6.31. The molecule has 2 aliphatic carbocycles. The Bertz CT molecular complexity index is 743. The molecule has 0 amide bonds. The molecule has 1 atom stereocenters. The van der Waals surface area contributed by atoms with E-state index in [0.29, 0.717) is 0 Å². The summed E-state index contributed by atoms with van der Waals surface area (Å²) in [4.78, 5) is 0. The molecule has 2 heteroatoms. The number of allylic oxidation sites excluding steroid dienone is 2. The van der Waals surface area contributed by atoms with Gasteiger partial charge in [-0.15, -0.1) is 0 Å². The highest BCUT2D eigenvalue weighted by Crippen LogP contribution is 2.54. The van der Waals surface area contributed by atoms with Crippen LogP contribution >= 0.6 is 23.2 Å². The summed E-state index contributed by atoms with van der Waals surface area (Å²) in [7, 11) is 0. The summed E-state index contributed by atoms with van der Waals surface area (Å²) in [5.41, 5.74) is 5.97. The Labute approximate surface area is 141 Å². The lowest BCUT2D eigenvalue weighted by Crippen LogP contribution is -2.25. The fourth-order valence-corrected chi connectivity index (χ4v) is 4.47. The van der Waals surface area contributed by atoms with Gasteiger partial charge >= 0.3 is 0 Å². The zero-order valence-electron chi connectivity index (χ0n) is 12.4. The summed E-state index contributed by atoms with van der Waals surface area (Å²) < 4.78 is 0. The fraction of sp³-hybridized carbons (Fsp3) is 0.300. The zero-order chi connectivity index (χ0) is 15.2. The van der Waals surface area contributed by atoms with E-state index < -0.39 is 0 Å². The molecular formula is C20H18Cl2. The van der Waals surface area contributed by atoms with Crippen LogP contribution in [0.4, 0.5) is 0 Å². The van der Waals surface area contributed by atoms with Crippen molar-refractivity contribution in [3.8, 4) is 0 Å². The third-order valence-electron chi connectivity index (χ3n) is 5.13. The minimum Gasteiger partial charge on any atom is -0.0843 e. The molecule has 2 aromatic carbocycles. The molecule has 22 heavy (non-hydrogen) atoms. The van der Waals surface area contributed by atoms with Gasteiger partial charge in [-0.05, 0) is 78.6 Å². The van der Waals surface area contributed by atoms with Gasteiger partial charge in [0.1, 0.15) is 0 Å². The monoisotopic (exact) mass is 328 g/mol. The Balaban J connectivity index is 1.75. The van der Waals surface area contributed by atoms with Crippen LogP contribution in [-0.4, -0.2) is 0 Å². The molecule has 0 aliphatic heterocycles. The van der Waals surface area contributed by atoms with Gasteiger partial charge in [0.25, 0.3) is 0 Å². The van der Waals surface area contributed by atoms with Gasteiger partial charge in [0.05, 0.1) is 0 Å². The summed E-state index contributed by atoms with van der Waals surface area (Å²) >= 11 is 12.3. The van der Waals surface area contributed by atoms with E-state index in [0.717, 1.165) is 22.9 Å². The van der Waals surface area contributed by atoms with Gasteiger partial charge in [-0.1, -0.05) is 47.5 Å². The Morgan fingerprint density at radius 3 is 2.55 bits per heavy atom. The van der Waals surface area contributed by atoms with E-state index in [1.165, 1.54) is 41.5 Å². The van der Waals surface area contributed by atoms with Gasteiger partial charge < -0.3 is 0 Å². The Kier molecular flexibility index (Phi) is 3.55. The maximum atomic E-state index is 6.24. The first kappa shape index (κ1) is 14.4. The fourth-order valence-electron chi connectivity index (χ4n) is 4.17. The number of hydrogen-bond acceptors (Lipinski definition) is 0. The highest BCUT2D eigenvalue weighted by Gasteiger charge is 2.42. The van der Waals surface area contributed by atoms with Gasteiger partial charge in [0, 0.05) is 15.5 Å². The van der Waals surface area contributed by atoms with Crippen LogP contribution in [0.25, 0.3) is 5.57 Å². The average Bonchev–Trinajstić information content (AvgIpc) is 2.83. The van der Waals surface area contributed by atoms with Gasteiger partial charge in [-0.2, -0.15) is 0 Å². The van der Waals surface area contributed by atoms with Crippen LogP contribution in [0.5, 0.6) is 0 Å². The molecule has 4 rings (SSSR count). The molecule has 0 radical (unpaired) electrons. The molecule has 0 saturated carbocycles. The lowest BCUT2D eigenvalue weighted by Gasteiger charge is -2.34. The zero-order valence-corrected chi connectivity index (χ0v) is 13.9. The molecule has 0 fully saturated rings. The largest absolute Gasteiger partial charge is 0.0843 e. The molecule has 0 nitrogen and oxygen atoms in total. The smallest absolute Gasteiger partial charge is 0.0412 e. The maximum Gasteiger partial charge on any atom is 0.0412 e. The third-order valence-corrected chi connectivity index (χ3v) is 5.61. The number of hydrogen-bond donors (Lipinski definition) is 0. The first-order valence-corrected chi connectivity index (χ1v) is 8.66. The van der Waals surface area contributed by atoms with E-state index in [9.17, 15) is 0 Å². The number of rotatable bonds is 2. The topological polar surface area (TPSA) is 0 Å². The van der Waals surface area contributed by atoms with E-state index in [4.69, 9.17) is 23.2 Å². The second kappa shape index (κ2) is 5.44. The Morgan fingerprint density at radius 2 is 1.73 bits per heavy atom. The first-order valence-electron chi connectivity index (χ1n) is 7.90. The second-order valence-electron chi connectivity index (χ2n) is 6.57. The van der Waals surface area contributed by atoms with E-state index in [1.807, 2.05) is 18.2 Å². The van der Waals surface area contributed by atoms with Crippen molar-refractivity contribution in [3.63, 3.8) is 0 Å². The van der Waals surface area contributed by atoms with Crippen molar-refractivity contribution >= 4 is 28.8 Å². The van der Waals surface area contributed by atoms with Crippen molar-refractivity contribution < 1.29 is 0 Å². The molecule has 2 aliphatic rings. The second-order valence-corrected chi connectivity index (χ2v) is 7.44. The molecule has 0 unspecified atom stereocenters. The summed E-state index contributed by atoms with van der Waals surface area (Å²) in [6.45, 7) is 0. The van der Waals surface area contributed by atoms with E-state index >= 15 is 0 Å². The summed E-state index contributed by atoms with van der Waals surface area (Å²) in [6.07, 6.45) is 8.38. The van der Waals surface area contributed by atoms with Crippen LogP contribution in [0.2, 0.25) is 10.0 Å². The van der Waals surface area contributed by atoms with Crippen LogP contribution < -0.4 is 0 Å². The van der Waals surface area contributed by atoms with Crippen LogP contribution in [0.1, 0.15) is 36.0 Å². The van der Waals surface area contributed by atoms with Crippen molar-refractivity contribution in [2.24, 2.45) is 5.41 Å². The van der Waals surface area contributed by atoms with Gasteiger partial charge in [0.2, 0.25) is 0 Å². The molecule has 0 spiro atoms. The molecule has 2 aromatic rings. The number of halogens is 2. The lowest BCUT2D eigenvalue weighted by atomic mass is 9.69. The predicted octanol–water partition coefficient (Wildman–Crippen LogP) is 6.35. The normalized spacial score (nSPS) is 22.9. The van der Waals surface area contributed by atoms with Gasteiger partial charge in [-0.25, -0.2) is 0 Å². The van der Waals surface area contributed by atoms with Crippen molar-refractivity contribution in [2.45, 2.75) is 32.1 Å². The van der Waals surface area contributed by atoms with E-state index in [-0.39, 0.29) is 5.41 Å². The average molecular weight is 329 g/mol. The van der Waals surface area contributed by atoms with Gasteiger partial charge in [0.15, 0.2) is 0 Å². The summed E-state index contributed by atoms with van der Waals surface area (Å²) in [6, 6.07) is 14.7. The first-order chi connectivity index (χ1) is 10.7. The molecular weight excluding hydrogens is 311 g/mol. The lowest BCUT2D eigenvalue weighted by molar-refractivity contribution is 0.354. The van der Waals surface area contributed by atoms with Crippen molar-refractivity contribution in [3.05, 3.63) is 75.3 Å². The van der Waals surface area contributed by atoms with Crippen molar-refractivity contribution in [1.82, 2.24) is 0 Å². The molecule has 0 bridgehead atoms. The maximum absolute atomic E-state index is 6.24. The molecule has 0 N–H and O–H groups in total. The predicted molar refractivity (Wildman–Crippen MR) is 94.6 cm³/mol. The number of fused-ring (bicyclic) bond motifs is 3. The molecule has 112 valence electrons. The minimum absolute atomic E-state index is 0.249. The summed E-state index contributed by atoms with van der Waals surface area (Å²) in [5.74, 6) is 0. The van der Waals surface area contributed by atoms with Gasteiger partial charge in [-0.3, -0.25) is 0 Å². The van der Waals surface area contributed by atoms with Crippen LogP contribution in [0, 0.1) is 5.41 Å². The van der Waals surface area contributed by atoms with Crippen molar-refractivity contribution in [2.75, 3.05) is 0 Å². The third kappa shape index (κ3) is 2.39. The van der Waals surface area contributed by atoms with E-state index in [1.54, 1.807) is 0 Å². The molecule has 0 saturated heterocycles. The quantitative estimate of drug-likeness (QED) is 0.602. The van der Waals surface area contributed by atoms with E-state index in [2.05, 4.69) is 30.3 Å². The SMILES string of the molecule is Clc1ccc(C[C@@]23CCCC=C2c2cc(Cl)ccc2C3)cc1. The van der Waals surface area contributed by atoms with Crippen LogP contribution in [-0.2, 0) is 12.8 Å². The number of benzene rings is 2. The Morgan fingerprint density at radius 1 is 0.955 bits per heavy atom. The molecule has 0 heterocycles. The van der Waals surface area contributed by atoms with Crippen molar-refractivity contribution in [1.29, 1.82) is 0 Å². The Hall–Kier alpha value is -1.24. The standard InChI is InChI=1S/C20H18Cl2/c21-16-7-4-14(5-8-16)12-20-10-2-1-3-19(20)18-11-17(22)9-6-15(18)13-20/h3-9,11H,1-2,10,12-13H2/t20-/m1/s1. The van der Waals surface area contributed by atoms with Crippen LogP contribution in [0.15, 0.2) is 48.5 Å². The van der Waals surface area contributed by atoms with Crippen LogP contribution in [0.3, 0.4) is 0 Å². The minimum atomic E-state index is 0.249. The molecule has 0 aromatic heterocycles.